The van der Waals surface area contributed by atoms with E-state index in [0.29, 0.717) is 17.2 Å². The molecule has 0 N–H and O–H groups in total. The van der Waals surface area contributed by atoms with E-state index in [9.17, 15) is 4.39 Å². The van der Waals surface area contributed by atoms with Crippen molar-refractivity contribution in [3.8, 4) is 11.3 Å². The molecule has 23 heavy (non-hydrogen) atoms. The first-order valence-electron chi connectivity index (χ1n) is 8.20. The summed E-state index contributed by atoms with van der Waals surface area (Å²) in [5.74, 6) is 0.215. The number of hydrogen-bond acceptors (Lipinski definition) is 3. The number of hydrogen-bond donors (Lipinski definition) is 0. The van der Waals surface area contributed by atoms with Crippen LogP contribution in [0.5, 0.6) is 0 Å². The third kappa shape index (κ3) is 1.67. The number of aromatic nitrogens is 2. The zero-order valence-corrected chi connectivity index (χ0v) is 14.1. The minimum absolute atomic E-state index is 0.0617. The Morgan fingerprint density at radius 1 is 1.17 bits per heavy atom. The fourth-order valence-electron chi connectivity index (χ4n) is 5.10. The van der Waals surface area contributed by atoms with Crippen molar-refractivity contribution >= 4 is 0 Å². The molecule has 1 aromatic heterocycles. The topological polar surface area (TPSA) is 29.0 Å². The van der Waals surface area contributed by atoms with Gasteiger partial charge >= 0.3 is 0 Å². The number of halogens is 1. The van der Waals surface area contributed by atoms with Crippen molar-refractivity contribution < 1.29 is 4.39 Å². The molecule has 1 fully saturated rings. The fraction of sp³-hybridized carbons (Fsp3) is 0.474. The van der Waals surface area contributed by atoms with Crippen LogP contribution in [0.15, 0.2) is 30.3 Å². The van der Waals surface area contributed by atoms with E-state index in [1.54, 1.807) is 12.1 Å². The van der Waals surface area contributed by atoms with Crippen LogP contribution in [0.25, 0.3) is 11.3 Å². The summed E-state index contributed by atoms with van der Waals surface area (Å²) in [5, 5.41) is 8.97. The minimum Gasteiger partial charge on any atom is -0.298 e. The van der Waals surface area contributed by atoms with E-state index in [-0.39, 0.29) is 16.8 Å². The maximum Gasteiger partial charge on any atom is 0.132 e. The Bertz CT molecular complexity index is 784. The molecule has 120 valence electrons. The van der Waals surface area contributed by atoms with Crippen molar-refractivity contribution in [2.75, 3.05) is 14.1 Å². The van der Waals surface area contributed by atoms with Crippen LogP contribution in [0.4, 0.5) is 4.39 Å². The molecule has 1 heterocycles. The Morgan fingerprint density at radius 3 is 2.61 bits per heavy atom. The largest absolute Gasteiger partial charge is 0.298 e. The second-order valence-electron chi connectivity index (χ2n) is 7.58. The van der Waals surface area contributed by atoms with E-state index < -0.39 is 0 Å². The lowest BCUT2D eigenvalue weighted by Crippen LogP contribution is -2.47. The van der Waals surface area contributed by atoms with Crippen LogP contribution in [0.1, 0.15) is 43.9 Å². The molecule has 0 radical (unpaired) electrons. The van der Waals surface area contributed by atoms with Crippen molar-refractivity contribution in [1.29, 1.82) is 0 Å². The Morgan fingerprint density at radius 2 is 1.91 bits per heavy atom. The summed E-state index contributed by atoms with van der Waals surface area (Å²) in [4.78, 5) is 2.30. The van der Waals surface area contributed by atoms with E-state index >= 15 is 0 Å². The SMILES string of the molecule is CN(C)[C@@]12CC[C@@H](c3cc(-c4ccccc4F)nnc31)C2(C)C. The van der Waals surface area contributed by atoms with Gasteiger partial charge in [0.05, 0.1) is 16.9 Å². The van der Waals surface area contributed by atoms with E-state index in [2.05, 4.69) is 49.1 Å². The van der Waals surface area contributed by atoms with Crippen molar-refractivity contribution in [3.63, 3.8) is 0 Å². The molecule has 2 atom stereocenters. The predicted octanol–water partition coefficient (Wildman–Crippen LogP) is 3.96. The first kappa shape index (κ1) is 14.8. The van der Waals surface area contributed by atoms with Gasteiger partial charge in [-0.2, -0.15) is 10.2 Å². The smallest absolute Gasteiger partial charge is 0.132 e. The van der Waals surface area contributed by atoms with E-state index in [1.165, 1.54) is 11.6 Å². The third-order valence-corrected chi connectivity index (χ3v) is 6.24. The van der Waals surface area contributed by atoms with Gasteiger partial charge in [0.25, 0.3) is 0 Å². The van der Waals surface area contributed by atoms with Crippen molar-refractivity contribution in [2.24, 2.45) is 5.41 Å². The Hall–Kier alpha value is -1.81. The molecule has 3 nitrogen and oxygen atoms in total. The molecular formula is C19H22FN3. The van der Waals surface area contributed by atoms with E-state index in [4.69, 9.17) is 0 Å². The molecule has 2 bridgehead atoms. The second kappa shape index (κ2) is 4.60. The predicted molar refractivity (Wildman–Crippen MR) is 88.5 cm³/mol. The van der Waals surface area contributed by atoms with Crippen molar-refractivity contribution in [2.45, 2.75) is 38.1 Å². The molecule has 0 aliphatic heterocycles. The highest BCUT2D eigenvalue weighted by Crippen LogP contribution is 2.67. The lowest BCUT2D eigenvalue weighted by molar-refractivity contribution is 0.0470. The highest BCUT2D eigenvalue weighted by Gasteiger charge is 2.64. The summed E-state index contributed by atoms with van der Waals surface area (Å²) in [6, 6.07) is 8.85. The molecule has 4 heteroatoms. The van der Waals surface area contributed by atoms with Crippen LogP contribution >= 0.6 is 0 Å². The summed E-state index contributed by atoms with van der Waals surface area (Å²) in [6.07, 6.45) is 2.26. The zero-order chi connectivity index (χ0) is 16.4. The second-order valence-corrected chi connectivity index (χ2v) is 7.58. The summed E-state index contributed by atoms with van der Waals surface area (Å²) in [7, 11) is 4.26. The molecule has 4 rings (SSSR count). The minimum atomic E-state index is -0.244. The van der Waals surface area contributed by atoms with Crippen LogP contribution in [0, 0.1) is 11.2 Å². The Labute approximate surface area is 136 Å². The summed E-state index contributed by atoms with van der Waals surface area (Å²) >= 11 is 0. The molecule has 0 amide bonds. The van der Waals surface area contributed by atoms with Gasteiger partial charge in [-0.15, -0.1) is 0 Å². The number of fused-ring (bicyclic) bond motifs is 5. The van der Waals surface area contributed by atoms with Crippen LogP contribution in [0.3, 0.4) is 0 Å². The summed E-state index contributed by atoms with van der Waals surface area (Å²) < 4.78 is 14.1. The summed E-state index contributed by atoms with van der Waals surface area (Å²) in [6.45, 7) is 4.66. The highest BCUT2D eigenvalue weighted by molar-refractivity contribution is 5.62. The average Bonchev–Trinajstić information content (AvgIpc) is 2.90. The normalized spacial score (nSPS) is 27.5. The van der Waals surface area contributed by atoms with Gasteiger partial charge in [-0.25, -0.2) is 4.39 Å². The Balaban J connectivity index is 1.91. The first-order chi connectivity index (χ1) is 10.9. The molecule has 0 spiro atoms. The molecule has 0 saturated heterocycles. The molecule has 0 unspecified atom stereocenters. The number of rotatable bonds is 2. The van der Waals surface area contributed by atoms with E-state index in [1.807, 2.05) is 6.07 Å². The van der Waals surface area contributed by atoms with Crippen molar-refractivity contribution in [1.82, 2.24) is 15.1 Å². The molecular weight excluding hydrogens is 289 g/mol. The van der Waals surface area contributed by atoms with Gasteiger partial charge in [0.1, 0.15) is 5.82 Å². The quantitative estimate of drug-likeness (QED) is 0.840. The van der Waals surface area contributed by atoms with Crippen LogP contribution in [-0.4, -0.2) is 29.2 Å². The van der Waals surface area contributed by atoms with Gasteiger partial charge in [-0.05, 0) is 62.0 Å². The molecule has 2 aliphatic carbocycles. The molecule has 2 aliphatic rings. The van der Waals surface area contributed by atoms with Gasteiger partial charge < -0.3 is 0 Å². The first-order valence-corrected chi connectivity index (χ1v) is 8.20. The average molecular weight is 311 g/mol. The maximum absolute atomic E-state index is 14.1. The maximum atomic E-state index is 14.1. The van der Waals surface area contributed by atoms with Gasteiger partial charge in [-0.3, -0.25) is 4.90 Å². The molecule has 1 aromatic carbocycles. The van der Waals surface area contributed by atoms with E-state index in [0.717, 1.165) is 18.5 Å². The monoisotopic (exact) mass is 311 g/mol. The highest BCUT2D eigenvalue weighted by atomic mass is 19.1. The van der Waals surface area contributed by atoms with Gasteiger partial charge in [0.15, 0.2) is 0 Å². The lowest BCUT2D eigenvalue weighted by Gasteiger charge is -2.43. The van der Waals surface area contributed by atoms with Gasteiger partial charge in [0, 0.05) is 5.56 Å². The lowest BCUT2D eigenvalue weighted by atomic mass is 9.74. The molecule has 2 aromatic rings. The fourth-order valence-corrected chi connectivity index (χ4v) is 5.10. The standard InChI is InChI=1S/C19H22FN3/c1-18(2)14-9-10-19(18,23(3)4)17-13(14)11-16(21-22-17)12-7-5-6-8-15(12)20/h5-8,11,14H,9-10H2,1-4H3/t14-,19-/m0/s1. The van der Waals surface area contributed by atoms with Crippen molar-refractivity contribution in [3.05, 3.63) is 47.4 Å². The van der Waals surface area contributed by atoms with Gasteiger partial charge in [0.2, 0.25) is 0 Å². The number of benzene rings is 1. The van der Waals surface area contributed by atoms with Crippen LogP contribution in [0.2, 0.25) is 0 Å². The number of nitrogens with zero attached hydrogens (tertiary/aromatic N) is 3. The van der Waals surface area contributed by atoms with Gasteiger partial charge in [-0.1, -0.05) is 26.0 Å². The third-order valence-electron chi connectivity index (χ3n) is 6.24. The van der Waals surface area contributed by atoms with Crippen LogP contribution in [-0.2, 0) is 5.54 Å². The Kier molecular flexibility index (Phi) is 2.95. The zero-order valence-electron chi connectivity index (χ0n) is 14.1. The molecule has 1 saturated carbocycles. The van der Waals surface area contributed by atoms with Crippen LogP contribution < -0.4 is 0 Å². The summed E-state index contributed by atoms with van der Waals surface area (Å²) in [5.41, 5.74) is 3.56.